The fourth-order valence-electron chi connectivity index (χ4n) is 3.90. The third kappa shape index (κ3) is 6.56. The number of nitrogens with two attached hydrogens (primary N) is 1. The summed E-state index contributed by atoms with van der Waals surface area (Å²) in [5.41, 5.74) is 7.51. The van der Waals surface area contributed by atoms with Crippen LogP contribution in [0.1, 0.15) is 95.4 Å². The van der Waals surface area contributed by atoms with Crippen LogP contribution < -0.4 is 5.73 Å². The maximum atomic E-state index is 7.75. The number of aromatic nitrogens is 2. The number of rotatable bonds is 14. The van der Waals surface area contributed by atoms with E-state index in [0.717, 1.165) is 24.8 Å². The first kappa shape index (κ1) is 24.4. The topological polar surface area (TPSA) is 88.8 Å². The molecule has 0 saturated heterocycles. The largest absolute Gasteiger partial charge is 0.387 e. The lowest BCUT2D eigenvalue weighted by Crippen LogP contribution is -2.28. The van der Waals surface area contributed by atoms with E-state index in [-0.39, 0.29) is 18.2 Å². The predicted molar refractivity (Wildman–Crippen MR) is 125 cm³/mol. The van der Waals surface area contributed by atoms with Gasteiger partial charge in [-0.25, -0.2) is 0 Å². The highest BCUT2D eigenvalue weighted by atomic mass is 35.5. The van der Waals surface area contributed by atoms with Gasteiger partial charge in [0.1, 0.15) is 5.84 Å². The van der Waals surface area contributed by atoms with Crippen LogP contribution in [-0.2, 0) is 11.8 Å². The molecule has 0 aliphatic heterocycles. The van der Waals surface area contributed by atoms with Crippen molar-refractivity contribution in [1.29, 1.82) is 5.41 Å². The summed E-state index contributed by atoms with van der Waals surface area (Å²) < 4.78 is 5.42. The average Bonchev–Trinajstić information content (AvgIpc) is 3.40. The van der Waals surface area contributed by atoms with E-state index < -0.39 is 5.41 Å². The Labute approximate surface area is 187 Å². The lowest BCUT2D eigenvalue weighted by Gasteiger charge is -2.06. The van der Waals surface area contributed by atoms with E-state index in [0.29, 0.717) is 11.7 Å². The Morgan fingerprint density at radius 1 is 0.967 bits per heavy atom. The number of hydrogen-bond acceptors (Lipinski definition) is 4. The SMILES string of the molecule is CCCCCCCCCCCCc1ccc(-c2nc(C3(C(=N)N)CC3)no2)cc1.Cl. The van der Waals surface area contributed by atoms with Crippen LogP contribution in [0.2, 0.25) is 0 Å². The number of unbranched alkanes of at least 4 members (excludes halogenated alkanes) is 9. The van der Waals surface area contributed by atoms with Gasteiger partial charge in [0.2, 0.25) is 0 Å². The number of aryl methyl sites for hydroxylation is 1. The first-order valence-electron chi connectivity index (χ1n) is 11.4. The summed E-state index contributed by atoms with van der Waals surface area (Å²) in [6.07, 6.45) is 16.5. The monoisotopic (exact) mass is 432 g/mol. The standard InChI is InChI=1S/C24H36N4O.ClH/c1-2-3-4-5-6-7-8-9-10-11-12-19-13-15-20(16-14-19)21-27-23(28-29-21)24(17-18-24)22(25)26;/h13-16H,2-12,17-18H2,1H3,(H3,25,26);1H. The Bertz CT molecular complexity index is 768. The zero-order valence-corrected chi connectivity index (χ0v) is 19.1. The molecule has 166 valence electrons. The van der Waals surface area contributed by atoms with Gasteiger partial charge in [0.05, 0.1) is 5.41 Å². The van der Waals surface area contributed by atoms with Gasteiger partial charge < -0.3 is 10.3 Å². The van der Waals surface area contributed by atoms with Crippen LogP contribution in [0.5, 0.6) is 0 Å². The molecule has 1 fully saturated rings. The molecule has 1 aromatic heterocycles. The fraction of sp³-hybridized carbons (Fsp3) is 0.625. The molecule has 30 heavy (non-hydrogen) atoms. The van der Waals surface area contributed by atoms with Gasteiger partial charge in [-0.1, -0.05) is 82.0 Å². The number of hydrogen-bond donors (Lipinski definition) is 2. The average molecular weight is 433 g/mol. The first-order chi connectivity index (χ1) is 14.2. The number of benzene rings is 1. The fourth-order valence-corrected chi connectivity index (χ4v) is 3.90. The van der Waals surface area contributed by atoms with Gasteiger partial charge >= 0.3 is 0 Å². The highest BCUT2D eigenvalue weighted by molar-refractivity contribution is 5.91. The summed E-state index contributed by atoms with van der Waals surface area (Å²) in [5.74, 6) is 1.20. The normalized spacial score (nSPS) is 14.3. The number of nitrogens with zero attached hydrogens (tertiary/aromatic N) is 2. The molecule has 1 heterocycles. The van der Waals surface area contributed by atoms with Crippen LogP contribution in [0.25, 0.3) is 11.5 Å². The van der Waals surface area contributed by atoms with Crippen molar-refractivity contribution in [2.45, 2.75) is 95.8 Å². The van der Waals surface area contributed by atoms with Crippen molar-refractivity contribution in [3.05, 3.63) is 35.7 Å². The van der Waals surface area contributed by atoms with E-state index >= 15 is 0 Å². The van der Waals surface area contributed by atoms with Gasteiger partial charge in [-0.3, -0.25) is 5.41 Å². The van der Waals surface area contributed by atoms with Crippen LogP contribution in [0.3, 0.4) is 0 Å². The highest BCUT2D eigenvalue weighted by Gasteiger charge is 2.51. The van der Waals surface area contributed by atoms with Crippen LogP contribution in [0, 0.1) is 5.41 Å². The molecule has 0 atom stereocenters. The van der Waals surface area contributed by atoms with E-state index in [9.17, 15) is 0 Å². The number of halogens is 1. The van der Waals surface area contributed by atoms with Gasteiger partial charge in [0.15, 0.2) is 5.82 Å². The van der Waals surface area contributed by atoms with E-state index in [2.05, 4.69) is 41.3 Å². The van der Waals surface area contributed by atoms with Gasteiger partial charge in [0, 0.05) is 5.56 Å². The zero-order chi connectivity index (χ0) is 20.5. The van der Waals surface area contributed by atoms with Crippen LogP contribution in [0.4, 0.5) is 0 Å². The molecule has 1 aromatic carbocycles. The minimum absolute atomic E-state index is 0. The van der Waals surface area contributed by atoms with E-state index in [1.807, 2.05) is 0 Å². The second kappa shape index (κ2) is 12.1. The quantitative estimate of drug-likeness (QED) is 0.200. The molecule has 0 unspecified atom stereocenters. The van der Waals surface area contributed by atoms with Gasteiger partial charge in [0.25, 0.3) is 5.89 Å². The molecule has 1 aliphatic carbocycles. The second-order valence-electron chi connectivity index (χ2n) is 8.55. The Morgan fingerprint density at radius 3 is 2.07 bits per heavy atom. The van der Waals surface area contributed by atoms with Gasteiger partial charge in [-0.15, -0.1) is 12.4 Å². The lowest BCUT2D eigenvalue weighted by molar-refractivity contribution is 0.419. The molecule has 1 aliphatic rings. The zero-order valence-electron chi connectivity index (χ0n) is 18.3. The van der Waals surface area contributed by atoms with Crippen molar-refractivity contribution < 1.29 is 4.52 Å². The molecule has 0 spiro atoms. The van der Waals surface area contributed by atoms with E-state index in [1.54, 1.807) is 0 Å². The lowest BCUT2D eigenvalue weighted by atomic mass is 10.0. The molecule has 6 heteroatoms. The third-order valence-corrected chi connectivity index (χ3v) is 6.14. The Balaban J connectivity index is 0.00000320. The molecule has 3 rings (SSSR count). The smallest absolute Gasteiger partial charge is 0.257 e. The van der Waals surface area contributed by atoms with E-state index in [1.165, 1.54) is 69.8 Å². The van der Waals surface area contributed by atoms with Gasteiger partial charge in [-0.2, -0.15) is 4.98 Å². The van der Waals surface area contributed by atoms with Gasteiger partial charge in [-0.05, 0) is 43.4 Å². The molecule has 3 N–H and O–H groups in total. The molecule has 5 nitrogen and oxygen atoms in total. The molecule has 0 amide bonds. The van der Waals surface area contributed by atoms with Crippen LogP contribution in [0.15, 0.2) is 28.8 Å². The molecular weight excluding hydrogens is 396 g/mol. The van der Waals surface area contributed by atoms with Crippen molar-refractivity contribution in [2.24, 2.45) is 5.73 Å². The number of nitrogens with one attached hydrogen (secondary N) is 1. The third-order valence-electron chi connectivity index (χ3n) is 6.14. The summed E-state index contributed by atoms with van der Waals surface area (Å²) >= 11 is 0. The molecule has 1 saturated carbocycles. The van der Waals surface area contributed by atoms with E-state index in [4.69, 9.17) is 15.7 Å². The summed E-state index contributed by atoms with van der Waals surface area (Å²) in [5, 5.41) is 11.8. The minimum atomic E-state index is -0.475. The van der Waals surface area contributed by atoms with Crippen molar-refractivity contribution in [3.63, 3.8) is 0 Å². The summed E-state index contributed by atoms with van der Waals surface area (Å²) in [7, 11) is 0. The maximum Gasteiger partial charge on any atom is 0.257 e. The van der Waals surface area contributed by atoms with Crippen LogP contribution in [-0.4, -0.2) is 16.0 Å². The van der Waals surface area contributed by atoms with Crippen LogP contribution >= 0.6 is 12.4 Å². The summed E-state index contributed by atoms with van der Waals surface area (Å²) in [6.45, 7) is 2.27. The Morgan fingerprint density at radius 2 is 1.53 bits per heavy atom. The second-order valence-corrected chi connectivity index (χ2v) is 8.55. The predicted octanol–water partition coefficient (Wildman–Crippen LogP) is 6.59. The number of amidine groups is 1. The Kier molecular flexibility index (Phi) is 9.83. The Hall–Kier alpha value is -1.88. The molecular formula is C24H37ClN4O. The van der Waals surface area contributed by atoms with Crippen molar-refractivity contribution in [1.82, 2.24) is 10.1 Å². The summed E-state index contributed by atoms with van der Waals surface area (Å²) in [4.78, 5) is 4.49. The van der Waals surface area contributed by atoms with Crippen molar-refractivity contribution in [2.75, 3.05) is 0 Å². The summed E-state index contributed by atoms with van der Waals surface area (Å²) in [6, 6.07) is 8.42. The molecule has 0 bridgehead atoms. The molecule has 2 aromatic rings. The highest BCUT2D eigenvalue weighted by Crippen LogP contribution is 2.46. The maximum absolute atomic E-state index is 7.75. The first-order valence-corrected chi connectivity index (χ1v) is 11.4. The van der Waals surface area contributed by atoms with Crippen molar-refractivity contribution >= 4 is 18.2 Å². The van der Waals surface area contributed by atoms with Crippen molar-refractivity contribution in [3.8, 4) is 11.5 Å². The minimum Gasteiger partial charge on any atom is -0.387 e. The molecule has 0 radical (unpaired) electrons.